The Bertz CT molecular complexity index is 1250. The highest BCUT2D eigenvalue weighted by atomic mass is 16.3. The molecular formula is C24H25N3O8. The maximum Gasteiger partial charge on any atom is 0.255 e. The molecule has 1 aromatic carbocycles. The molecule has 2 fully saturated rings. The number of ketones is 2. The van der Waals surface area contributed by atoms with Crippen LogP contribution in [0.5, 0.6) is 5.75 Å². The zero-order valence-electron chi connectivity index (χ0n) is 18.7. The van der Waals surface area contributed by atoms with E-state index in [0.717, 1.165) is 0 Å². The van der Waals surface area contributed by atoms with Crippen LogP contribution in [0.4, 0.5) is 0 Å². The van der Waals surface area contributed by atoms with E-state index in [4.69, 9.17) is 5.73 Å². The number of aliphatic hydroxyl groups is 3. The van der Waals surface area contributed by atoms with Gasteiger partial charge < -0.3 is 31.5 Å². The first-order chi connectivity index (χ1) is 16.6. The number of phenolic OH excluding ortho intramolecular Hbond substituents is 1. The maximum atomic E-state index is 13.8. The topological polar surface area (TPSA) is 190 Å². The molecule has 1 saturated carbocycles. The number of phenols is 1. The number of benzene rings is 1. The van der Waals surface area contributed by atoms with E-state index in [1.165, 1.54) is 6.07 Å². The first-order valence-electron chi connectivity index (χ1n) is 11.4. The number of amides is 2. The van der Waals surface area contributed by atoms with Crippen molar-refractivity contribution in [3.63, 3.8) is 0 Å². The van der Waals surface area contributed by atoms with Gasteiger partial charge in [0.2, 0.25) is 11.7 Å². The number of nitrogens with two attached hydrogens (primary N) is 1. The van der Waals surface area contributed by atoms with Crippen LogP contribution in [0.25, 0.3) is 5.76 Å². The Balaban J connectivity index is 1.69. The zero-order valence-corrected chi connectivity index (χ0v) is 18.7. The van der Waals surface area contributed by atoms with Crippen LogP contribution in [0.15, 0.2) is 35.1 Å². The van der Waals surface area contributed by atoms with Crippen molar-refractivity contribution in [3.05, 3.63) is 46.2 Å². The van der Waals surface area contributed by atoms with Crippen molar-refractivity contribution < 1.29 is 39.6 Å². The fraction of sp³-hybridized carbons (Fsp3) is 0.417. The molecule has 3 aliphatic carbocycles. The van der Waals surface area contributed by atoms with Gasteiger partial charge in [0.05, 0.1) is 11.6 Å². The number of Topliss-reactive ketones (excluding diaryl/α,β-unsaturated/α-hetero) is 2. The lowest BCUT2D eigenvalue weighted by Crippen LogP contribution is -2.66. The van der Waals surface area contributed by atoms with Crippen molar-refractivity contribution >= 4 is 29.1 Å². The quantitative estimate of drug-likeness (QED) is 0.293. The monoisotopic (exact) mass is 483 g/mol. The summed E-state index contributed by atoms with van der Waals surface area (Å²) < 4.78 is 0. The first-order valence-corrected chi connectivity index (χ1v) is 11.4. The molecule has 1 heterocycles. The van der Waals surface area contributed by atoms with Crippen LogP contribution in [-0.4, -0.2) is 80.0 Å². The molecule has 5 rings (SSSR count). The zero-order chi connectivity index (χ0) is 25.2. The second kappa shape index (κ2) is 7.92. The van der Waals surface area contributed by atoms with Crippen LogP contribution in [-0.2, 0) is 25.6 Å². The maximum absolute atomic E-state index is 13.8. The number of nitrogens with one attached hydrogen (secondary N) is 1. The van der Waals surface area contributed by atoms with Crippen LogP contribution >= 0.6 is 0 Å². The minimum absolute atomic E-state index is 0.0150. The van der Waals surface area contributed by atoms with Gasteiger partial charge in [0, 0.05) is 37.5 Å². The molecule has 2 amide bonds. The Hall–Kier alpha value is -3.70. The van der Waals surface area contributed by atoms with Gasteiger partial charge in [-0.25, -0.2) is 0 Å². The molecule has 11 nitrogen and oxygen atoms in total. The Morgan fingerprint density at radius 3 is 2.60 bits per heavy atom. The van der Waals surface area contributed by atoms with Crippen molar-refractivity contribution in [2.24, 2.45) is 17.6 Å². The lowest BCUT2D eigenvalue weighted by Gasteiger charge is -2.51. The van der Waals surface area contributed by atoms with E-state index in [1.807, 2.05) is 0 Å². The molecule has 0 unspecified atom stereocenters. The van der Waals surface area contributed by atoms with E-state index in [0.29, 0.717) is 5.56 Å². The summed E-state index contributed by atoms with van der Waals surface area (Å²) in [7, 11) is 0. The van der Waals surface area contributed by atoms with Gasteiger partial charge in [-0.3, -0.25) is 24.1 Å². The second-order valence-electron chi connectivity index (χ2n) is 9.45. The van der Waals surface area contributed by atoms with Crippen molar-refractivity contribution in [1.29, 1.82) is 0 Å². The minimum Gasteiger partial charge on any atom is -0.508 e. The average Bonchev–Trinajstić information content (AvgIpc) is 3.00. The Labute approximate surface area is 199 Å². The lowest BCUT2D eigenvalue weighted by molar-refractivity contribution is -0.155. The predicted octanol–water partition coefficient (Wildman–Crippen LogP) is -0.776. The summed E-state index contributed by atoms with van der Waals surface area (Å²) in [6, 6.07) is 3.46. The number of aromatic hydroxyl groups is 1. The largest absolute Gasteiger partial charge is 0.508 e. The third-order valence-electron chi connectivity index (χ3n) is 7.64. The molecule has 1 saturated heterocycles. The Morgan fingerprint density at radius 2 is 1.89 bits per heavy atom. The molecule has 0 bridgehead atoms. The number of fused-ring (bicyclic) bond motifs is 3. The van der Waals surface area contributed by atoms with Crippen molar-refractivity contribution in [2.45, 2.75) is 30.9 Å². The summed E-state index contributed by atoms with van der Waals surface area (Å²) in [5.41, 5.74) is 2.28. The third kappa shape index (κ3) is 3.18. The fourth-order valence-electron chi connectivity index (χ4n) is 6.07. The van der Waals surface area contributed by atoms with E-state index in [1.54, 1.807) is 17.0 Å². The number of aliphatic hydroxyl groups excluding tert-OH is 2. The van der Waals surface area contributed by atoms with Crippen molar-refractivity contribution in [1.82, 2.24) is 10.2 Å². The molecule has 4 atom stereocenters. The normalized spacial score (nSPS) is 31.3. The molecule has 184 valence electrons. The highest BCUT2D eigenvalue weighted by Gasteiger charge is 2.64. The third-order valence-corrected chi connectivity index (χ3v) is 7.64. The summed E-state index contributed by atoms with van der Waals surface area (Å²) >= 11 is 0. The molecule has 1 aromatic rings. The van der Waals surface area contributed by atoms with Crippen LogP contribution in [0, 0.1) is 11.8 Å². The predicted molar refractivity (Wildman–Crippen MR) is 120 cm³/mol. The highest BCUT2D eigenvalue weighted by molar-refractivity contribution is 6.24. The summed E-state index contributed by atoms with van der Waals surface area (Å²) in [5, 5.41) is 46.6. The summed E-state index contributed by atoms with van der Waals surface area (Å²) in [4.78, 5) is 52.9. The second-order valence-corrected chi connectivity index (χ2v) is 9.45. The smallest absolute Gasteiger partial charge is 0.255 e. The summed E-state index contributed by atoms with van der Waals surface area (Å²) in [6.07, 6.45) is 0.323. The van der Waals surface area contributed by atoms with E-state index in [2.05, 4.69) is 5.32 Å². The van der Waals surface area contributed by atoms with E-state index < -0.39 is 58.0 Å². The van der Waals surface area contributed by atoms with E-state index in [9.17, 15) is 39.6 Å². The average molecular weight is 483 g/mol. The number of carbonyl (C=O) groups is 4. The number of rotatable bonds is 2. The van der Waals surface area contributed by atoms with Gasteiger partial charge in [-0.15, -0.1) is 0 Å². The minimum atomic E-state index is -2.70. The number of carbonyl (C=O) groups excluding carboxylic acids is 4. The summed E-state index contributed by atoms with van der Waals surface area (Å²) in [5.74, 6) is -7.08. The SMILES string of the molecule is NC(=O)C1=C(O)[C@@]2(O)C(=O)C3=C(O)c4c(O)cccc4C[C@H]3C[C@H]2[C@@H](N2CCNC(=O)CC2)C1=O. The Kier molecular flexibility index (Phi) is 5.22. The molecule has 35 heavy (non-hydrogen) atoms. The molecule has 4 aliphatic rings. The van der Waals surface area contributed by atoms with Crippen LogP contribution in [0.3, 0.4) is 0 Å². The highest BCUT2D eigenvalue weighted by Crippen LogP contribution is 2.52. The van der Waals surface area contributed by atoms with Gasteiger partial charge in [0.25, 0.3) is 5.91 Å². The molecule has 0 aromatic heterocycles. The van der Waals surface area contributed by atoms with Gasteiger partial charge >= 0.3 is 0 Å². The van der Waals surface area contributed by atoms with Crippen LogP contribution in [0.1, 0.15) is 24.0 Å². The van der Waals surface area contributed by atoms with Gasteiger partial charge in [-0.05, 0) is 30.4 Å². The van der Waals surface area contributed by atoms with Gasteiger partial charge in [-0.2, -0.15) is 0 Å². The molecule has 11 heteroatoms. The fourth-order valence-corrected chi connectivity index (χ4v) is 6.07. The number of primary amides is 1. The van der Waals surface area contributed by atoms with Crippen LogP contribution < -0.4 is 11.1 Å². The summed E-state index contributed by atoms with van der Waals surface area (Å²) in [6.45, 7) is 0.557. The van der Waals surface area contributed by atoms with Crippen molar-refractivity contribution in [3.8, 4) is 5.75 Å². The number of hydrogen-bond acceptors (Lipinski definition) is 9. The molecule has 1 aliphatic heterocycles. The van der Waals surface area contributed by atoms with Gasteiger partial charge in [0.1, 0.15) is 22.8 Å². The van der Waals surface area contributed by atoms with E-state index in [-0.39, 0.29) is 61.7 Å². The van der Waals surface area contributed by atoms with Crippen LogP contribution in [0.2, 0.25) is 0 Å². The number of hydrogen-bond donors (Lipinski definition) is 6. The number of nitrogens with zero attached hydrogens (tertiary/aromatic N) is 1. The lowest BCUT2D eigenvalue weighted by atomic mass is 9.57. The molecule has 0 radical (unpaired) electrons. The van der Waals surface area contributed by atoms with Crippen molar-refractivity contribution in [2.75, 3.05) is 19.6 Å². The standard InChI is InChI=1S/C24H25N3O8/c25-23(34)17-20(31)18(27-6-4-14(29)26-5-7-27)12-9-11-8-10-2-1-3-13(28)15(10)19(30)16(11)21(32)24(12,35)22(17)33/h1-3,11-12,18,28,30,33,35H,4-9H2,(H2,25,34)(H,26,29)/t11-,12-,18+,24-/m0/s1. The molecule has 7 N–H and O–H groups in total. The molecular weight excluding hydrogens is 458 g/mol. The van der Waals surface area contributed by atoms with Gasteiger partial charge in [0.15, 0.2) is 11.4 Å². The Morgan fingerprint density at radius 1 is 1.14 bits per heavy atom. The van der Waals surface area contributed by atoms with E-state index >= 15 is 0 Å². The molecule has 0 spiro atoms. The van der Waals surface area contributed by atoms with Gasteiger partial charge in [-0.1, -0.05) is 12.1 Å². The first kappa shape index (κ1) is 23.1.